The van der Waals surface area contributed by atoms with E-state index in [2.05, 4.69) is 10.7 Å². The molecule has 4 N–H and O–H groups in total. The topological polar surface area (TPSA) is 78.3 Å². The Morgan fingerprint density at radius 1 is 1.18 bits per heavy atom. The summed E-state index contributed by atoms with van der Waals surface area (Å²) >= 11 is 0. The van der Waals surface area contributed by atoms with Gasteiger partial charge in [0, 0.05) is 6.42 Å². The summed E-state index contributed by atoms with van der Waals surface area (Å²) in [4.78, 5) is 14.5. The summed E-state index contributed by atoms with van der Waals surface area (Å²) in [6.45, 7) is 0.724. The summed E-state index contributed by atoms with van der Waals surface area (Å²) in [5, 5.41) is 0. The predicted octanol–water partition coefficient (Wildman–Crippen LogP) is 0.313. The molecule has 11 heavy (non-hydrogen) atoms. The maximum Gasteiger partial charge on any atom is 0.324 e. The molecule has 0 amide bonds. The number of unbranched alkanes of at least 4 members (excludes halogenated alkanes) is 3. The summed E-state index contributed by atoms with van der Waals surface area (Å²) in [5.41, 5.74) is 5.29. The van der Waals surface area contributed by atoms with Crippen LogP contribution < -0.4 is 11.6 Å². The molecule has 0 aliphatic carbocycles. The molecule has 0 unspecified atom stereocenters. The lowest BCUT2D eigenvalue weighted by Gasteiger charge is -1.97. The lowest BCUT2D eigenvalue weighted by atomic mass is 10.1. The van der Waals surface area contributed by atoms with Gasteiger partial charge in [-0.05, 0) is 19.4 Å². The van der Waals surface area contributed by atoms with E-state index in [0.717, 1.165) is 32.2 Å². The van der Waals surface area contributed by atoms with E-state index in [1.165, 1.54) is 0 Å². The fourth-order valence-corrected chi connectivity index (χ4v) is 0.826. The Morgan fingerprint density at radius 2 is 1.82 bits per heavy atom. The Kier molecular flexibility index (Phi) is 7.08. The van der Waals surface area contributed by atoms with Gasteiger partial charge in [-0.3, -0.25) is 4.79 Å². The van der Waals surface area contributed by atoms with E-state index in [0.29, 0.717) is 6.42 Å². The quantitative estimate of drug-likeness (QED) is 0.433. The SMILES string of the molecule is NCCCCCCC(=O)ON. The van der Waals surface area contributed by atoms with Crippen molar-refractivity contribution in [2.24, 2.45) is 11.6 Å². The molecule has 0 saturated carbocycles. The number of nitrogens with two attached hydrogens (primary N) is 2. The molecule has 4 heteroatoms. The van der Waals surface area contributed by atoms with Crippen LogP contribution >= 0.6 is 0 Å². The smallest absolute Gasteiger partial charge is 0.324 e. The molecule has 0 aromatic rings. The van der Waals surface area contributed by atoms with Crippen molar-refractivity contribution in [3.63, 3.8) is 0 Å². The Balaban J connectivity index is 2.95. The molecule has 0 atom stereocenters. The summed E-state index contributed by atoms with van der Waals surface area (Å²) in [6.07, 6.45) is 4.38. The lowest BCUT2D eigenvalue weighted by Crippen LogP contribution is -2.09. The first-order valence-electron chi connectivity index (χ1n) is 3.91. The normalized spacial score (nSPS) is 9.64. The van der Waals surface area contributed by atoms with Crippen molar-refractivity contribution in [2.45, 2.75) is 32.1 Å². The zero-order valence-corrected chi connectivity index (χ0v) is 6.71. The highest BCUT2D eigenvalue weighted by Crippen LogP contribution is 2.02. The lowest BCUT2D eigenvalue weighted by molar-refractivity contribution is -0.144. The molecule has 66 valence electrons. The molecule has 0 aliphatic rings. The first-order valence-corrected chi connectivity index (χ1v) is 3.91. The summed E-state index contributed by atoms with van der Waals surface area (Å²) in [7, 11) is 0. The maximum absolute atomic E-state index is 10.5. The van der Waals surface area contributed by atoms with Crippen LogP contribution in [0.5, 0.6) is 0 Å². The van der Waals surface area contributed by atoms with Crippen molar-refractivity contribution in [3.8, 4) is 0 Å². The van der Waals surface area contributed by atoms with Crippen molar-refractivity contribution < 1.29 is 9.63 Å². The molecule has 4 nitrogen and oxygen atoms in total. The third-order valence-electron chi connectivity index (χ3n) is 1.47. The van der Waals surface area contributed by atoms with Gasteiger partial charge in [-0.15, -0.1) is 0 Å². The zero-order valence-electron chi connectivity index (χ0n) is 6.71. The average Bonchev–Trinajstić information content (AvgIpc) is 2.04. The first-order chi connectivity index (χ1) is 5.31. The van der Waals surface area contributed by atoms with Gasteiger partial charge in [-0.25, -0.2) is 0 Å². The number of rotatable bonds is 6. The molecule has 0 aromatic carbocycles. The average molecular weight is 160 g/mol. The Labute approximate surface area is 66.8 Å². The van der Waals surface area contributed by atoms with E-state index < -0.39 is 0 Å². The standard InChI is InChI=1S/C7H16N2O2/c8-6-4-2-1-3-5-7(10)11-9/h1-6,8-9H2. The monoisotopic (exact) mass is 160 g/mol. The van der Waals surface area contributed by atoms with Gasteiger partial charge in [0.15, 0.2) is 0 Å². The molecular weight excluding hydrogens is 144 g/mol. The molecule has 0 fully saturated rings. The van der Waals surface area contributed by atoms with E-state index in [-0.39, 0.29) is 5.97 Å². The second kappa shape index (κ2) is 7.50. The van der Waals surface area contributed by atoms with Crippen LogP contribution in [0.1, 0.15) is 32.1 Å². The van der Waals surface area contributed by atoms with E-state index >= 15 is 0 Å². The van der Waals surface area contributed by atoms with E-state index in [1.807, 2.05) is 0 Å². The summed E-state index contributed by atoms with van der Waals surface area (Å²) in [6, 6.07) is 0. The third-order valence-corrected chi connectivity index (χ3v) is 1.47. The molecule has 0 saturated heterocycles. The van der Waals surface area contributed by atoms with Crippen LogP contribution in [-0.4, -0.2) is 12.5 Å². The Bertz CT molecular complexity index is 107. The van der Waals surface area contributed by atoms with Crippen molar-refractivity contribution >= 4 is 5.97 Å². The second-order valence-electron chi connectivity index (χ2n) is 2.44. The van der Waals surface area contributed by atoms with Crippen LogP contribution in [-0.2, 0) is 9.63 Å². The van der Waals surface area contributed by atoms with E-state index in [4.69, 9.17) is 5.73 Å². The Hall–Kier alpha value is -0.610. The summed E-state index contributed by atoms with van der Waals surface area (Å²) in [5.74, 6) is 4.31. The highest BCUT2D eigenvalue weighted by Gasteiger charge is 1.98. The van der Waals surface area contributed by atoms with Gasteiger partial charge >= 0.3 is 5.97 Å². The van der Waals surface area contributed by atoms with Crippen molar-refractivity contribution in [2.75, 3.05) is 6.54 Å². The molecule has 0 rings (SSSR count). The largest absolute Gasteiger partial charge is 0.373 e. The predicted molar refractivity (Wildman–Crippen MR) is 42.4 cm³/mol. The number of carbonyl (C=O) groups is 1. The van der Waals surface area contributed by atoms with Crippen molar-refractivity contribution in [3.05, 3.63) is 0 Å². The molecule has 0 spiro atoms. The van der Waals surface area contributed by atoms with Gasteiger partial charge in [0.05, 0.1) is 0 Å². The van der Waals surface area contributed by atoms with Crippen LogP contribution in [0.15, 0.2) is 0 Å². The third kappa shape index (κ3) is 7.29. The van der Waals surface area contributed by atoms with Crippen LogP contribution in [0.25, 0.3) is 0 Å². The maximum atomic E-state index is 10.5. The highest BCUT2D eigenvalue weighted by molar-refractivity contribution is 5.68. The van der Waals surface area contributed by atoms with Gasteiger partial charge < -0.3 is 10.6 Å². The van der Waals surface area contributed by atoms with Crippen LogP contribution in [0.2, 0.25) is 0 Å². The van der Waals surface area contributed by atoms with Crippen LogP contribution in [0, 0.1) is 0 Å². The van der Waals surface area contributed by atoms with E-state index in [9.17, 15) is 4.79 Å². The fraction of sp³-hybridized carbons (Fsp3) is 0.857. The molecule has 0 heterocycles. The van der Waals surface area contributed by atoms with Gasteiger partial charge in [-0.1, -0.05) is 12.8 Å². The zero-order chi connectivity index (χ0) is 8.53. The molecule has 0 radical (unpaired) electrons. The Morgan fingerprint density at radius 3 is 2.36 bits per heavy atom. The highest BCUT2D eigenvalue weighted by atomic mass is 16.7. The summed E-state index contributed by atoms with van der Waals surface area (Å²) < 4.78 is 0. The fourth-order valence-electron chi connectivity index (χ4n) is 0.826. The van der Waals surface area contributed by atoms with Gasteiger partial charge in [0.1, 0.15) is 0 Å². The number of hydrogen-bond acceptors (Lipinski definition) is 4. The number of hydrogen-bond donors (Lipinski definition) is 2. The molecule has 0 bridgehead atoms. The van der Waals surface area contributed by atoms with Crippen LogP contribution in [0.3, 0.4) is 0 Å². The van der Waals surface area contributed by atoms with Crippen molar-refractivity contribution in [1.29, 1.82) is 0 Å². The minimum Gasteiger partial charge on any atom is -0.373 e. The number of carbonyl (C=O) groups excluding carboxylic acids is 1. The molecule has 0 aromatic heterocycles. The van der Waals surface area contributed by atoms with Gasteiger partial charge in [0.25, 0.3) is 0 Å². The minimum absolute atomic E-state index is 0.335. The van der Waals surface area contributed by atoms with E-state index in [1.54, 1.807) is 0 Å². The van der Waals surface area contributed by atoms with Crippen LogP contribution in [0.4, 0.5) is 0 Å². The minimum atomic E-state index is -0.335. The molecular formula is C7H16N2O2. The molecule has 0 aliphatic heterocycles. The van der Waals surface area contributed by atoms with Gasteiger partial charge in [0.2, 0.25) is 0 Å². The second-order valence-corrected chi connectivity index (χ2v) is 2.44. The van der Waals surface area contributed by atoms with Crippen molar-refractivity contribution in [1.82, 2.24) is 0 Å². The first kappa shape index (κ1) is 10.4. The van der Waals surface area contributed by atoms with Gasteiger partial charge in [-0.2, -0.15) is 5.90 Å².